The van der Waals surface area contributed by atoms with Gasteiger partial charge >= 0.3 is 0 Å². The van der Waals surface area contributed by atoms with Crippen LogP contribution in [0, 0.1) is 0 Å². The molecule has 2 heteroatoms. The van der Waals surface area contributed by atoms with Crippen molar-refractivity contribution in [3.63, 3.8) is 0 Å². The fraction of sp³-hybridized carbons (Fsp3) is 0. The summed E-state index contributed by atoms with van der Waals surface area (Å²) in [4.78, 5) is 3.68. The van der Waals surface area contributed by atoms with Crippen LogP contribution in [0.2, 0.25) is 0 Å². The van der Waals surface area contributed by atoms with E-state index in [0.717, 1.165) is 33.1 Å². The molecule has 0 unspecified atom stereocenters. The maximum absolute atomic E-state index is 6.57. The van der Waals surface area contributed by atoms with Gasteiger partial charge in [0, 0.05) is 38.1 Å². The van der Waals surface area contributed by atoms with Gasteiger partial charge in [-0.1, -0.05) is 133 Å². The zero-order valence-electron chi connectivity index (χ0n) is 25.9. The van der Waals surface area contributed by atoms with Gasteiger partial charge < -0.3 is 9.40 Å². The third kappa shape index (κ3) is 3.41. The normalized spacial score (nSPS) is 12.2. The number of hydrogen-bond donors (Lipinski definition) is 1. The maximum Gasteiger partial charge on any atom is 0.143 e. The van der Waals surface area contributed by atoms with Crippen LogP contribution in [0.1, 0.15) is 0 Å². The van der Waals surface area contributed by atoms with Crippen LogP contribution in [0.3, 0.4) is 0 Å². The number of hydrogen-bond acceptors (Lipinski definition) is 1. The first-order valence-electron chi connectivity index (χ1n) is 16.5. The molecular formula is C46H27NO. The number of H-pyrrole nitrogens is 1. The summed E-state index contributed by atoms with van der Waals surface area (Å²) >= 11 is 0. The second-order valence-corrected chi connectivity index (χ2v) is 12.8. The molecule has 0 bridgehead atoms. The van der Waals surface area contributed by atoms with Crippen LogP contribution in [0.15, 0.2) is 162 Å². The van der Waals surface area contributed by atoms with E-state index in [0.29, 0.717) is 0 Å². The predicted molar refractivity (Wildman–Crippen MR) is 203 cm³/mol. The van der Waals surface area contributed by atoms with Crippen molar-refractivity contribution >= 4 is 76.1 Å². The first-order valence-corrected chi connectivity index (χ1v) is 16.5. The molecule has 2 aromatic heterocycles. The minimum absolute atomic E-state index is 0.912. The summed E-state index contributed by atoms with van der Waals surface area (Å²) in [5.41, 5.74) is 11.4. The Morgan fingerprint density at radius 1 is 0.354 bits per heavy atom. The Hall–Kier alpha value is -6.38. The van der Waals surface area contributed by atoms with E-state index in [1.54, 1.807) is 0 Å². The van der Waals surface area contributed by atoms with Gasteiger partial charge in [0.25, 0.3) is 0 Å². The summed E-state index contributed by atoms with van der Waals surface area (Å²) < 4.78 is 6.57. The molecule has 0 saturated heterocycles. The van der Waals surface area contributed by atoms with E-state index in [4.69, 9.17) is 4.42 Å². The Morgan fingerprint density at radius 2 is 0.875 bits per heavy atom. The van der Waals surface area contributed by atoms with Crippen molar-refractivity contribution in [3.8, 4) is 33.4 Å². The van der Waals surface area contributed by atoms with Crippen LogP contribution in [0.25, 0.3) is 109 Å². The highest BCUT2D eigenvalue weighted by atomic mass is 16.3. The molecular weight excluding hydrogens is 583 g/mol. The molecule has 0 radical (unpaired) electrons. The zero-order chi connectivity index (χ0) is 31.3. The van der Waals surface area contributed by atoms with Crippen LogP contribution in [0.5, 0.6) is 0 Å². The summed E-state index contributed by atoms with van der Waals surface area (Å²) in [5, 5.41) is 12.4. The topological polar surface area (TPSA) is 28.9 Å². The van der Waals surface area contributed by atoms with Crippen molar-refractivity contribution in [3.05, 3.63) is 158 Å². The molecule has 0 amide bonds. The third-order valence-electron chi connectivity index (χ3n) is 10.4. The van der Waals surface area contributed by atoms with E-state index in [-0.39, 0.29) is 0 Å². The summed E-state index contributed by atoms with van der Waals surface area (Å²) in [6.07, 6.45) is 0. The van der Waals surface area contributed by atoms with Crippen LogP contribution in [-0.4, -0.2) is 4.98 Å². The molecule has 0 fully saturated rings. The SMILES string of the molecule is c1ccc(-c2cccc3c2oc2ccccc23)c(-c2c3ccccc3c(-c3cc4cccc5[nH]c6cccc3c6c45)c3ccccc23)c1. The molecule has 1 N–H and O–H groups in total. The van der Waals surface area contributed by atoms with Crippen molar-refractivity contribution in [2.45, 2.75) is 0 Å². The molecule has 0 aliphatic rings. The number of fused-ring (bicyclic) bond motifs is 5. The fourth-order valence-electron chi connectivity index (χ4n) is 8.41. The molecule has 11 rings (SSSR count). The number of para-hydroxylation sites is 2. The van der Waals surface area contributed by atoms with E-state index < -0.39 is 0 Å². The molecule has 0 spiro atoms. The number of furan rings is 1. The number of nitrogens with one attached hydrogen (secondary N) is 1. The van der Waals surface area contributed by atoms with E-state index in [2.05, 4.69) is 157 Å². The van der Waals surface area contributed by atoms with Crippen molar-refractivity contribution in [2.24, 2.45) is 0 Å². The molecule has 0 aliphatic heterocycles. The largest absolute Gasteiger partial charge is 0.455 e. The molecule has 0 atom stereocenters. The van der Waals surface area contributed by atoms with Gasteiger partial charge in [-0.05, 0) is 84.4 Å². The average Bonchev–Trinajstić information content (AvgIpc) is 3.72. The average molecular weight is 610 g/mol. The summed E-state index contributed by atoms with van der Waals surface area (Å²) in [7, 11) is 0. The zero-order valence-corrected chi connectivity index (χ0v) is 25.9. The van der Waals surface area contributed by atoms with Gasteiger partial charge in [0.1, 0.15) is 11.2 Å². The Kier molecular flexibility index (Phi) is 5.14. The minimum atomic E-state index is 0.912. The van der Waals surface area contributed by atoms with Crippen molar-refractivity contribution in [1.29, 1.82) is 0 Å². The van der Waals surface area contributed by atoms with Gasteiger partial charge in [-0.2, -0.15) is 0 Å². The Labute approximate surface area is 275 Å². The highest BCUT2D eigenvalue weighted by molar-refractivity contribution is 6.30. The van der Waals surface area contributed by atoms with Gasteiger partial charge in [0.05, 0.1) is 0 Å². The highest BCUT2D eigenvalue weighted by Gasteiger charge is 2.23. The quantitative estimate of drug-likeness (QED) is 0.157. The first kappa shape index (κ1) is 25.8. The molecule has 2 heterocycles. The minimum Gasteiger partial charge on any atom is -0.455 e. The number of rotatable bonds is 3. The van der Waals surface area contributed by atoms with Gasteiger partial charge in [-0.3, -0.25) is 0 Å². The van der Waals surface area contributed by atoms with E-state index in [1.165, 1.54) is 76.4 Å². The third-order valence-corrected chi connectivity index (χ3v) is 10.4. The Morgan fingerprint density at radius 3 is 1.62 bits per heavy atom. The molecule has 9 aromatic carbocycles. The number of benzene rings is 9. The van der Waals surface area contributed by atoms with Gasteiger partial charge in [0.2, 0.25) is 0 Å². The van der Waals surface area contributed by atoms with Crippen LogP contribution < -0.4 is 0 Å². The lowest BCUT2D eigenvalue weighted by molar-refractivity contribution is 0.670. The van der Waals surface area contributed by atoms with Crippen molar-refractivity contribution in [2.75, 3.05) is 0 Å². The van der Waals surface area contributed by atoms with Gasteiger partial charge in [0.15, 0.2) is 0 Å². The van der Waals surface area contributed by atoms with Crippen LogP contribution >= 0.6 is 0 Å². The lowest BCUT2D eigenvalue weighted by atomic mass is 9.82. The Balaban J connectivity index is 1.27. The smallest absolute Gasteiger partial charge is 0.143 e. The van der Waals surface area contributed by atoms with Crippen LogP contribution in [-0.2, 0) is 0 Å². The lowest BCUT2D eigenvalue weighted by Crippen LogP contribution is -1.93. The molecule has 2 nitrogen and oxygen atoms in total. The second kappa shape index (κ2) is 9.57. The maximum atomic E-state index is 6.57. The summed E-state index contributed by atoms with van der Waals surface area (Å²) in [6.45, 7) is 0. The summed E-state index contributed by atoms with van der Waals surface area (Å²) in [5.74, 6) is 0. The molecule has 48 heavy (non-hydrogen) atoms. The molecule has 11 aromatic rings. The van der Waals surface area contributed by atoms with Crippen LogP contribution in [0.4, 0.5) is 0 Å². The monoisotopic (exact) mass is 609 g/mol. The van der Waals surface area contributed by atoms with Crippen molar-refractivity contribution < 1.29 is 4.42 Å². The van der Waals surface area contributed by atoms with E-state index >= 15 is 0 Å². The van der Waals surface area contributed by atoms with Gasteiger partial charge in [-0.25, -0.2) is 0 Å². The Bertz CT molecular complexity index is 3010. The van der Waals surface area contributed by atoms with E-state index in [1.807, 2.05) is 6.07 Å². The van der Waals surface area contributed by atoms with E-state index in [9.17, 15) is 0 Å². The second-order valence-electron chi connectivity index (χ2n) is 12.8. The van der Waals surface area contributed by atoms with Crippen molar-refractivity contribution in [1.82, 2.24) is 4.98 Å². The van der Waals surface area contributed by atoms with Gasteiger partial charge in [-0.15, -0.1) is 0 Å². The molecule has 222 valence electrons. The molecule has 0 saturated carbocycles. The predicted octanol–water partition coefficient (Wildman–Crippen LogP) is 13.1. The lowest BCUT2D eigenvalue weighted by Gasteiger charge is -2.20. The summed E-state index contributed by atoms with van der Waals surface area (Å²) in [6, 6.07) is 57.2. The standard InChI is InChI=1S/C46H27NO/c1-2-15-30(28(13-1)36-21-10-22-37-29-14-7-8-25-41(29)48-46(36)37)43-31-16-3-5-18-33(31)44(34-19-6-4-17-32(34)43)38-26-27-12-9-23-39-42(27)45-35(38)20-11-24-40(45)47-39/h1-26,47H. The number of aromatic amines is 1. The highest BCUT2D eigenvalue weighted by Crippen LogP contribution is 2.49. The first-order chi connectivity index (χ1) is 23.8. The fourth-order valence-corrected chi connectivity index (χ4v) is 8.41. The number of aromatic nitrogens is 1. The molecule has 0 aliphatic carbocycles.